The Morgan fingerprint density at radius 1 is 0.895 bits per heavy atom. The van der Waals surface area contributed by atoms with E-state index in [-0.39, 0.29) is 12.2 Å². The van der Waals surface area contributed by atoms with Crippen LogP contribution in [-0.2, 0) is 9.47 Å². The second kappa shape index (κ2) is 12.2. The Balaban J connectivity index is 1.09. The molecule has 5 saturated heterocycles. The van der Waals surface area contributed by atoms with Gasteiger partial charge in [-0.2, -0.15) is 0 Å². The van der Waals surface area contributed by atoms with Crippen LogP contribution < -0.4 is 4.74 Å². The van der Waals surface area contributed by atoms with Gasteiger partial charge in [0, 0.05) is 24.7 Å². The van der Waals surface area contributed by atoms with Crippen LogP contribution in [0, 0.1) is 11.8 Å². The summed E-state index contributed by atoms with van der Waals surface area (Å²) in [5.74, 6) is 2.86. The fraction of sp³-hybridized carbons (Fsp3) is 0.594. The van der Waals surface area contributed by atoms with Crippen LogP contribution >= 0.6 is 0 Å². The number of ether oxygens (including phenoxy) is 3. The van der Waals surface area contributed by atoms with Crippen LogP contribution in [0.1, 0.15) is 66.8 Å². The SMILES string of the molecule is O=C(c1ccc(OCCCCC2OCCO2)cc1)N1CCC(c2ccccc2)CC1C1CN2CCC1CC2. The fourth-order valence-electron chi connectivity index (χ4n) is 7.17. The molecule has 0 aromatic heterocycles. The Bertz CT molecular complexity index is 1030. The molecular formula is C32H42N2O4. The number of carbonyl (C=O) groups excluding carboxylic acids is 1. The summed E-state index contributed by atoms with van der Waals surface area (Å²) >= 11 is 0. The Kier molecular flexibility index (Phi) is 8.29. The average molecular weight is 519 g/mol. The first-order valence-electron chi connectivity index (χ1n) is 14.8. The van der Waals surface area contributed by atoms with E-state index >= 15 is 0 Å². The van der Waals surface area contributed by atoms with E-state index in [0.717, 1.165) is 62.4 Å². The van der Waals surface area contributed by atoms with E-state index in [1.54, 1.807) is 0 Å². The lowest BCUT2D eigenvalue weighted by molar-refractivity contribution is -0.0482. The molecule has 3 atom stereocenters. The molecule has 0 N–H and O–H groups in total. The van der Waals surface area contributed by atoms with E-state index in [4.69, 9.17) is 14.2 Å². The molecule has 0 radical (unpaired) electrons. The number of likely N-dealkylation sites (tertiary alicyclic amines) is 1. The van der Waals surface area contributed by atoms with Gasteiger partial charge >= 0.3 is 0 Å². The van der Waals surface area contributed by atoms with Gasteiger partial charge in [0.2, 0.25) is 0 Å². The quantitative estimate of drug-likeness (QED) is 0.420. The molecule has 3 unspecified atom stereocenters. The molecule has 204 valence electrons. The highest BCUT2D eigenvalue weighted by atomic mass is 16.7. The summed E-state index contributed by atoms with van der Waals surface area (Å²) in [5.41, 5.74) is 2.20. The maximum Gasteiger partial charge on any atom is 0.254 e. The van der Waals surface area contributed by atoms with E-state index in [0.29, 0.717) is 37.7 Å². The largest absolute Gasteiger partial charge is 0.494 e. The number of benzene rings is 2. The third kappa shape index (κ3) is 5.93. The van der Waals surface area contributed by atoms with Crippen molar-refractivity contribution in [2.75, 3.05) is 46.0 Å². The summed E-state index contributed by atoms with van der Waals surface area (Å²) in [6, 6.07) is 19.1. The van der Waals surface area contributed by atoms with Gasteiger partial charge in [-0.1, -0.05) is 30.3 Å². The predicted octanol–water partition coefficient (Wildman–Crippen LogP) is 5.34. The molecular weight excluding hydrogens is 476 g/mol. The molecule has 5 aliphatic heterocycles. The van der Waals surface area contributed by atoms with Crippen molar-refractivity contribution in [3.63, 3.8) is 0 Å². The summed E-state index contributed by atoms with van der Waals surface area (Å²) in [7, 11) is 0. The molecule has 2 bridgehead atoms. The molecule has 1 amide bonds. The molecule has 0 aliphatic carbocycles. The smallest absolute Gasteiger partial charge is 0.254 e. The number of nitrogens with zero attached hydrogens (tertiary/aromatic N) is 2. The molecule has 0 spiro atoms. The van der Waals surface area contributed by atoms with Gasteiger partial charge in [-0.15, -0.1) is 0 Å². The van der Waals surface area contributed by atoms with Gasteiger partial charge in [0.05, 0.1) is 19.8 Å². The zero-order valence-corrected chi connectivity index (χ0v) is 22.5. The van der Waals surface area contributed by atoms with E-state index in [9.17, 15) is 4.79 Å². The van der Waals surface area contributed by atoms with Crippen molar-refractivity contribution in [2.45, 2.75) is 63.2 Å². The second-order valence-electron chi connectivity index (χ2n) is 11.5. The van der Waals surface area contributed by atoms with E-state index in [1.165, 1.54) is 31.5 Å². The van der Waals surface area contributed by atoms with Crippen LogP contribution in [-0.4, -0.2) is 74.0 Å². The molecule has 0 saturated carbocycles. The molecule has 2 aromatic rings. The van der Waals surface area contributed by atoms with Crippen molar-refractivity contribution in [3.05, 3.63) is 65.7 Å². The standard InChI is InChI=1S/C32H42N2O4/c35-32(26-9-11-28(12-10-26)36-19-5-4-8-31-37-20-21-38-31)34-18-15-27(24-6-2-1-3-7-24)22-30(34)29-23-33-16-13-25(29)14-17-33/h1-3,6-7,9-12,25,27,29-31H,4-5,8,13-23H2. The maximum absolute atomic E-state index is 13.9. The van der Waals surface area contributed by atoms with Crippen LogP contribution in [0.15, 0.2) is 54.6 Å². The minimum absolute atomic E-state index is 0.0390. The Hall–Kier alpha value is -2.41. The highest BCUT2D eigenvalue weighted by Crippen LogP contribution is 2.42. The predicted molar refractivity (Wildman–Crippen MR) is 147 cm³/mol. The van der Waals surface area contributed by atoms with Crippen molar-refractivity contribution in [2.24, 2.45) is 11.8 Å². The monoisotopic (exact) mass is 518 g/mol. The van der Waals surface area contributed by atoms with Crippen molar-refractivity contribution in [1.82, 2.24) is 9.80 Å². The molecule has 2 aromatic carbocycles. The maximum atomic E-state index is 13.9. The number of hydrogen-bond acceptors (Lipinski definition) is 5. The summed E-state index contributed by atoms with van der Waals surface area (Å²) in [6.07, 6.45) is 7.52. The van der Waals surface area contributed by atoms with Crippen LogP contribution in [0.2, 0.25) is 0 Å². The second-order valence-corrected chi connectivity index (χ2v) is 11.5. The van der Waals surface area contributed by atoms with Gasteiger partial charge in [0.25, 0.3) is 5.91 Å². The lowest BCUT2D eigenvalue weighted by Gasteiger charge is -2.52. The van der Waals surface area contributed by atoms with E-state index in [1.807, 2.05) is 24.3 Å². The number of unbranched alkanes of at least 4 members (excludes halogenated alkanes) is 1. The number of piperidine rings is 4. The fourth-order valence-corrected chi connectivity index (χ4v) is 7.17. The van der Waals surface area contributed by atoms with E-state index < -0.39 is 0 Å². The highest BCUT2D eigenvalue weighted by Gasteiger charge is 2.44. The Morgan fingerprint density at radius 2 is 1.66 bits per heavy atom. The molecule has 6 nitrogen and oxygen atoms in total. The topological polar surface area (TPSA) is 51.2 Å². The minimum atomic E-state index is -0.0390. The van der Waals surface area contributed by atoms with Crippen molar-refractivity contribution >= 4 is 5.91 Å². The number of carbonyl (C=O) groups is 1. The zero-order valence-electron chi connectivity index (χ0n) is 22.5. The lowest BCUT2D eigenvalue weighted by Crippen LogP contribution is -2.58. The first-order valence-corrected chi connectivity index (χ1v) is 14.8. The average Bonchev–Trinajstić information content (AvgIpc) is 3.51. The Labute approximate surface area is 227 Å². The van der Waals surface area contributed by atoms with Crippen LogP contribution in [0.3, 0.4) is 0 Å². The zero-order chi connectivity index (χ0) is 25.7. The number of fused-ring (bicyclic) bond motifs is 3. The van der Waals surface area contributed by atoms with Crippen LogP contribution in [0.25, 0.3) is 0 Å². The normalized spacial score (nSPS) is 29.5. The summed E-state index contributed by atoms with van der Waals surface area (Å²) < 4.78 is 16.9. The number of hydrogen-bond donors (Lipinski definition) is 0. The molecule has 7 rings (SSSR count). The molecule has 6 heteroatoms. The molecule has 5 aliphatic rings. The molecule has 38 heavy (non-hydrogen) atoms. The minimum Gasteiger partial charge on any atom is -0.494 e. The molecule has 5 heterocycles. The number of amides is 1. The third-order valence-electron chi connectivity index (χ3n) is 9.27. The van der Waals surface area contributed by atoms with Crippen molar-refractivity contribution in [1.29, 1.82) is 0 Å². The van der Waals surface area contributed by atoms with Crippen LogP contribution in [0.5, 0.6) is 5.75 Å². The van der Waals surface area contributed by atoms with Gasteiger partial charge < -0.3 is 24.0 Å². The summed E-state index contributed by atoms with van der Waals surface area (Å²) in [4.78, 5) is 18.7. The summed E-state index contributed by atoms with van der Waals surface area (Å²) in [5, 5.41) is 0. The van der Waals surface area contributed by atoms with Gasteiger partial charge in [0.15, 0.2) is 6.29 Å². The lowest BCUT2D eigenvalue weighted by atomic mass is 9.70. The van der Waals surface area contributed by atoms with Gasteiger partial charge in [0.1, 0.15) is 5.75 Å². The van der Waals surface area contributed by atoms with Gasteiger partial charge in [-0.3, -0.25) is 4.79 Å². The Morgan fingerprint density at radius 3 is 2.37 bits per heavy atom. The summed E-state index contributed by atoms with van der Waals surface area (Å²) in [6.45, 7) is 6.51. The number of rotatable bonds is 9. The first-order chi connectivity index (χ1) is 18.7. The molecule has 5 fully saturated rings. The highest BCUT2D eigenvalue weighted by molar-refractivity contribution is 5.94. The van der Waals surface area contributed by atoms with Gasteiger partial charge in [-0.25, -0.2) is 0 Å². The third-order valence-corrected chi connectivity index (χ3v) is 9.27. The van der Waals surface area contributed by atoms with Gasteiger partial charge in [-0.05, 0) is 106 Å². The first kappa shape index (κ1) is 25.8. The van der Waals surface area contributed by atoms with E-state index in [2.05, 4.69) is 40.1 Å². The van der Waals surface area contributed by atoms with Crippen molar-refractivity contribution in [3.8, 4) is 5.75 Å². The van der Waals surface area contributed by atoms with Crippen LogP contribution in [0.4, 0.5) is 0 Å². The van der Waals surface area contributed by atoms with Crippen molar-refractivity contribution < 1.29 is 19.0 Å².